The van der Waals surface area contributed by atoms with Gasteiger partial charge in [-0.25, -0.2) is 4.98 Å². The van der Waals surface area contributed by atoms with Crippen LogP contribution in [0.4, 0.5) is 5.82 Å². The zero-order valence-electron chi connectivity index (χ0n) is 17.0. The fraction of sp³-hybridized carbons (Fsp3) is 0.714. The van der Waals surface area contributed by atoms with Crippen LogP contribution in [0.1, 0.15) is 38.7 Å². The van der Waals surface area contributed by atoms with Crippen molar-refractivity contribution in [1.82, 2.24) is 15.6 Å². The summed E-state index contributed by atoms with van der Waals surface area (Å²) >= 11 is 0. The van der Waals surface area contributed by atoms with Crippen molar-refractivity contribution in [2.24, 2.45) is 16.3 Å². The molecule has 4 rings (SSSR count). The van der Waals surface area contributed by atoms with Crippen molar-refractivity contribution in [3.8, 4) is 0 Å². The number of anilines is 1. The standard InChI is InChI=1S/C21H33N5O/c1-14-5-6-17(23-13-14)26-10-7-15(8-11-26)24-20(22-4)25-18-16-9-12-27-19(16)21(18,2)3/h5-6,13,15-16,18-19H,7-12H2,1-4H3,(H2,22,24,25). The van der Waals surface area contributed by atoms with E-state index in [-0.39, 0.29) is 5.41 Å². The summed E-state index contributed by atoms with van der Waals surface area (Å²) in [4.78, 5) is 11.4. The Bertz CT molecular complexity index is 678. The number of aryl methyl sites for hydroxylation is 1. The van der Waals surface area contributed by atoms with Crippen molar-refractivity contribution in [2.45, 2.75) is 58.2 Å². The molecule has 6 heteroatoms. The molecule has 0 spiro atoms. The number of aromatic nitrogens is 1. The smallest absolute Gasteiger partial charge is 0.191 e. The van der Waals surface area contributed by atoms with Crippen LogP contribution in [0.25, 0.3) is 0 Å². The van der Waals surface area contributed by atoms with E-state index >= 15 is 0 Å². The van der Waals surface area contributed by atoms with E-state index < -0.39 is 0 Å². The maximum atomic E-state index is 5.91. The molecule has 6 nitrogen and oxygen atoms in total. The number of rotatable bonds is 3. The molecule has 3 fully saturated rings. The van der Waals surface area contributed by atoms with Gasteiger partial charge in [-0.15, -0.1) is 0 Å². The van der Waals surface area contributed by atoms with Crippen molar-refractivity contribution in [3.63, 3.8) is 0 Å². The number of hydrogen-bond donors (Lipinski definition) is 2. The third-order valence-corrected chi connectivity index (χ3v) is 6.67. The molecule has 1 saturated carbocycles. The highest BCUT2D eigenvalue weighted by Gasteiger charge is 2.59. The van der Waals surface area contributed by atoms with Crippen molar-refractivity contribution in [2.75, 3.05) is 31.6 Å². The average Bonchev–Trinajstić information content (AvgIpc) is 3.13. The normalized spacial score (nSPS) is 30.6. The lowest BCUT2D eigenvalue weighted by atomic mass is 9.57. The highest BCUT2D eigenvalue weighted by atomic mass is 16.5. The van der Waals surface area contributed by atoms with Gasteiger partial charge in [0.1, 0.15) is 5.82 Å². The topological polar surface area (TPSA) is 61.8 Å². The number of hydrogen-bond acceptors (Lipinski definition) is 4. The molecular formula is C21H33N5O. The first-order valence-electron chi connectivity index (χ1n) is 10.3. The first-order chi connectivity index (χ1) is 13.0. The third-order valence-electron chi connectivity index (χ3n) is 6.67. The molecular weight excluding hydrogens is 338 g/mol. The predicted octanol–water partition coefficient (Wildman–Crippen LogP) is 2.34. The number of piperidine rings is 1. The van der Waals surface area contributed by atoms with Crippen molar-refractivity contribution in [3.05, 3.63) is 23.9 Å². The Labute approximate surface area is 162 Å². The maximum absolute atomic E-state index is 5.91. The molecule has 0 aromatic carbocycles. The largest absolute Gasteiger partial charge is 0.377 e. The molecule has 3 unspecified atom stereocenters. The van der Waals surface area contributed by atoms with E-state index in [2.05, 4.69) is 58.4 Å². The summed E-state index contributed by atoms with van der Waals surface area (Å²) in [7, 11) is 1.87. The summed E-state index contributed by atoms with van der Waals surface area (Å²) in [5.41, 5.74) is 1.37. The second kappa shape index (κ2) is 7.30. The van der Waals surface area contributed by atoms with Gasteiger partial charge < -0.3 is 20.3 Å². The molecule has 3 heterocycles. The Hall–Kier alpha value is -1.82. The van der Waals surface area contributed by atoms with E-state index in [1.807, 2.05) is 13.2 Å². The van der Waals surface area contributed by atoms with Gasteiger partial charge in [0.25, 0.3) is 0 Å². The van der Waals surface area contributed by atoms with Crippen LogP contribution in [0, 0.1) is 18.3 Å². The molecule has 148 valence electrons. The minimum absolute atomic E-state index is 0.166. The molecule has 1 aliphatic carbocycles. The van der Waals surface area contributed by atoms with E-state index in [1.165, 1.54) is 5.56 Å². The maximum Gasteiger partial charge on any atom is 0.191 e. The van der Waals surface area contributed by atoms with E-state index in [0.717, 1.165) is 50.7 Å². The molecule has 0 amide bonds. The first kappa shape index (κ1) is 18.5. The second-order valence-corrected chi connectivity index (χ2v) is 8.86. The van der Waals surface area contributed by atoms with Crippen molar-refractivity contribution in [1.29, 1.82) is 0 Å². The summed E-state index contributed by atoms with van der Waals surface area (Å²) in [5.74, 6) is 2.64. The molecule has 1 aromatic heterocycles. The average molecular weight is 372 g/mol. The monoisotopic (exact) mass is 371 g/mol. The number of nitrogens with one attached hydrogen (secondary N) is 2. The molecule has 27 heavy (non-hydrogen) atoms. The number of nitrogens with zero attached hydrogens (tertiary/aromatic N) is 3. The molecule has 0 radical (unpaired) electrons. The minimum Gasteiger partial charge on any atom is -0.377 e. The zero-order chi connectivity index (χ0) is 19.0. The van der Waals surface area contributed by atoms with E-state index in [9.17, 15) is 0 Å². The summed E-state index contributed by atoms with van der Waals surface area (Å²) in [5, 5.41) is 7.35. The summed E-state index contributed by atoms with van der Waals surface area (Å²) in [6, 6.07) is 5.16. The number of aliphatic imine (C=N–C) groups is 1. The van der Waals surface area contributed by atoms with Crippen LogP contribution in [0.2, 0.25) is 0 Å². The quantitative estimate of drug-likeness (QED) is 0.631. The van der Waals surface area contributed by atoms with Gasteiger partial charge in [-0.05, 0) is 37.8 Å². The third kappa shape index (κ3) is 3.51. The van der Waals surface area contributed by atoms with Gasteiger partial charge in [0, 0.05) is 56.4 Å². The molecule has 3 aliphatic rings. The van der Waals surface area contributed by atoms with Crippen LogP contribution in [0.15, 0.2) is 23.3 Å². The van der Waals surface area contributed by atoms with Crippen LogP contribution in [0.5, 0.6) is 0 Å². The second-order valence-electron chi connectivity index (χ2n) is 8.86. The van der Waals surface area contributed by atoms with Crippen molar-refractivity contribution < 1.29 is 4.74 Å². The van der Waals surface area contributed by atoms with E-state index in [4.69, 9.17) is 4.74 Å². The molecule has 0 bridgehead atoms. The Morgan fingerprint density at radius 2 is 2.00 bits per heavy atom. The number of ether oxygens (including phenoxy) is 1. The van der Waals surface area contributed by atoms with Gasteiger partial charge in [0.2, 0.25) is 0 Å². The van der Waals surface area contributed by atoms with Crippen LogP contribution < -0.4 is 15.5 Å². The number of guanidine groups is 1. The molecule has 2 aliphatic heterocycles. The van der Waals surface area contributed by atoms with Gasteiger partial charge in [-0.2, -0.15) is 0 Å². The van der Waals surface area contributed by atoms with Gasteiger partial charge >= 0.3 is 0 Å². The fourth-order valence-electron chi connectivity index (χ4n) is 5.03. The molecule has 2 N–H and O–H groups in total. The Morgan fingerprint density at radius 3 is 2.67 bits per heavy atom. The van der Waals surface area contributed by atoms with E-state index in [1.54, 1.807) is 0 Å². The minimum atomic E-state index is 0.166. The Kier molecular flexibility index (Phi) is 5.01. The number of fused-ring (bicyclic) bond motifs is 1. The highest BCUT2D eigenvalue weighted by molar-refractivity contribution is 5.80. The Balaban J connectivity index is 1.29. The van der Waals surface area contributed by atoms with E-state index in [0.29, 0.717) is 24.1 Å². The number of pyridine rings is 1. The highest BCUT2D eigenvalue weighted by Crippen LogP contribution is 2.52. The van der Waals surface area contributed by atoms with Crippen molar-refractivity contribution >= 4 is 11.8 Å². The van der Waals surface area contributed by atoms with Crippen LogP contribution in [0.3, 0.4) is 0 Å². The van der Waals surface area contributed by atoms with Crippen LogP contribution >= 0.6 is 0 Å². The van der Waals surface area contributed by atoms with Crippen LogP contribution in [-0.4, -0.2) is 55.9 Å². The molecule has 3 atom stereocenters. The summed E-state index contributed by atoms with van der Waals surface area (Å²) in [6.07, 6.45) is 5.70. The summed E-state index contributed by atoms with van der Waals surface area (Å²) < 4.78 is 5.91. The van der Waals surface area contributed by atoms with Gasteiger partial charge in [-0.1, -0.05) is 19.9 Å². The molecule has 1 aromatic rings. The SMILES string of the molecule is CN=C(NC1CCN(c2ccc(C)cn2)CC1)NC1C2CCOC2C1(C)C. The zero-order valence-corrected chi connectivity index (χ0v) is 17.0. The fourth-order valence-corrected chi connectivity index (χ4v) is 5.03. The lowest BCUT2D eigenvalue weighted by Gasteiger charge is -2.55. The van der Waals surface area contributed by atoms with Gasteiger partial charge in [-0.3, -0.25) is 4.99 Å². The predicted molar refractivity (Wildman–Crippen MR) is 109 cm³/mol. The Morgan fingerprint density at radius 1 is 1.22 bits per heavy atom. The summed E-state index contributed by atoms with van der Waals surface area (Å²) in [6.45, 7) is 9.63. The van der Waals surface area contributed by atoms with Gasteiger partial charge in [0.15, 0.2) is 5.96 Å². The lowest BCUT2D eigenvalue weighted by Crippen LogP contribution is -2.68. The first-order valence-corrected chi connectivity index (χ1v) is 10.3. The molecule has 2 saturated heterocycles. The van der Waals surface area contributed by atoms with Crippen LogP contribution in [-0.2, 0) is 4.74 Å². The lowest BCUT2D eigenvalue weighted by molar-refractivity contribution is -0.106. The van der Waals surface area contributed by atoms with Gasteiger partial charge in [0.05, 0.1) is 6.10 Å².